The molecular weight excluding hydrogens is 238 g/mol. The second-order valence-corrected chi connectivity index (χ2v) is 6.63. The van der Waals surface area contributed by atoms with E-state index in [2.05, 4.69) is 5.32 Å². The molecule has 0 atom stereocenters. The summed E-state index contributed by atoms with van der Waals surface area (Å²) < 4.78 is 0. The summed E-state index contributed by atoms with van der Waals surface area (Å²) in [6, 6.07) is 0. The van der Waals surface area contributed by atoms with E-state index < -0.39 is 0 Å². The van der Waals surface area contributed by atoms with E-state index in [-0.39, 0.29) is 23.8 Å². The van der Waals surface area contributed by atoms with Gasteiger partial charge in [0.05, 0.1) is 6.61 Å². The molecule has 0 bridgehead atoms. The fourth-order valence-corrected chi connectivity index (χ4v) is 3.65. The van der Waals surface area contributed by atoms with Gasteiger partial charge >= 0.3 is 0 Å². The van der Waals surface area contributed by atoms with Crippen molar-refractivity contribution in [2.24, 2.45) is 11.3 Å². The van der Waals surface area contributed by atoms with Crippen LogP contribution in [-0.4, -0.2) is 24.2 Å². The van der Waals surface area contributed by atoms with Crippen LogP contribution in [0.15, 0.2) is 0 Å². The minimum absolute atomic E-state index is 0.0291. The Morgan fingerprint density at radius 3 is 2.16 bits per heavy atom. The summed E-state index contributed by atoms with van der Waals surface area (Å²) in [6.07, 6.45) is 12.9. The average Bonchev–Trinajstić information content (AvgIpc) is 2.75. The number of hydrogen-bond acceptors (Lipinski definition) is 2. The fraction of sp³-hybridized carbons (Fsp3) is 0.938. The first-order chi connectivity index (χ1) is 9.26. The van der Waals surface area contributed by atoms with Crippen LogP contribution in [-0.2, 0) is 4.79 Å². The lowest BCUT2D eigenvalue weighted by molar-refractivity contribution is -0.126. The van der Waals surface area contributed by atoms with Crippen molar-refractivity contribution in [3.63, 3.8) is 0 Å². The van der Waals surface area contributed by atoms with E-state index in [0.717, 1.165) is 25.7 Å². The van der Waals surface area contributed by atoms with Gasteiger partial charge in [-0.3, -0.25) is 4.79 Å². The molecule has 0 unspecified atom stereocenters. The smallest absolute Gasteiger partial charge is 0.223 e. The highest BCUT2D eigenvalue weighted by atomic mass is 16.3. The highest BCUT2D eigenvalue weighted by Gasteiger charge is 2.32. The van der Waals surface area contributed by atoms with E-state index in [9.17, 15) is 9.90 Å². The zero-order valence-corrected chi connectivity index (χ0v) is 12.1. The highest BCUT2D eigenvalue weighted by Crippen LogP contribution is 2.35. The molecule has 2 fully saturated rings. The molecule has 0 radical (unpaired) electrons. The van der Waals surface area contributed by atoms with Crippen molar-refractivity contribution in [2.45, 2.75) is 70.6 Å². The molecule has 110 valence electrons. The Bertz CT molecular complexity index is 276. The van der Waals surface area contributed by atoms with Gasteiger partial charge in [-0.25, -0.2) is 0 Å². The van der Waals surface area contributed by atoms with Gasteiger partial charge in [0.2, 0.25) is 5.91 Å². The van der Waals surface area contributed by atoms with Crippen LogP contribution in [0.3, 0.4) is 0 Å². The monoisotopic (exact) mass is 267 g/mol. The van der Waals surface area contributed by atoms with Crippen molar-refractivity contribution in [1.82, 2.24) is 5.32 Å². The average molecular weight is 267 g/mol. The molecule has 0 spiro atoms. The van der Waals surface area contributed by atoms with Crippen LogP contribution in [0.5, 0.6) is 0 Å². The standard InChI is InChI=1S/C16H29NO2/c18-13-16(10-6-3-7-11-16)12-17-15(19)14-8-4-1-2-5-9-14/h14,18H,1-13H2,(H,17,19). The molecule has 0 aliphatic heterocycles. The van der Waals surface area contributed by atoms with Gasteiger partial charge < -0.3 is 10.4 Å². The lowest BCUT2D eigenvalue weighted by atomic mass is 9.74. The van der Waals surface area contributed by atoms with E-state index in [4.69, 9.17) is 0 Å². The van der Waals surface area contributed by atoms with Gasteiger partial charge in [-0.15, -0.1) is 0 Å². The molecule has 0 saturated heterocycles. The number of carbonyl (C=O) groups is 1. The van der Waals surface area contributed by atoms with Crippen molar-refractivity contribution in [3.8, 4) is 0 Å². The first-order valence-corrected chi connectivity index (χ1v) is 8.14. The molecule has 3 nitrogen and oxygen atoms in total. The van der Waals surface area contributed by atoms with E-state index in [1.807, 2.05) is 0 Å². The molecule has 1 amide bonds. The van der Waals surface area contributed by atoms with Crippen LogP contribution in [0, 0.1) is 11.3 Å². The predicted octanol–water partition coefficient (Wildman–Crippen LogP) is 3.02. The molecule has 2 N–H and O–H groups in total. The topological polar surface area (TPSA) is 49.3 Å². The number of amides is 1. The zero-order chi connectivity index (χ0) is 13.6. The van der Waals surface area contributed by atoms with Gasteiger partial charge in [-0.2, -0.15) is 0 Å². The molecule has 2 rings (SSSR count). The normalized spacial score (nSPS) is 24.7. The summed E-state index contributed by atoms with van der Waals surface area (Å²) in [7, 11) is 0. The second kappa shape index (κ2) is 7.28. The Morgan fingerprint density at radius 2 is 1.58 bits per heavy atom. The highest BCUT2D eigenvalue weighted by molar-refractivity contribution is 5.78. The third-order valence-electron chi connectivity index (χ3n) is 5.11. The summed E-state index contributed by atoms with van der Waals surface area (Å²) >= 11 is 0. The van der Waals surface area contributed by atoms with Crippen molar-refractivity contribution in [2.75, 3.05) is 13.2 Å². The van der Waals surface area contributed by atoms with Crippen molar-refractivity contribution in [1.29, 1.82) is 0 Å². The third-order valence-corrected chi connectivity index (χ3v) is 5.11. The largest absolute Gasteiger partial charge is 0.396 e. The fourth-order valence-electron chi connectivity index (χ4n) is 3.65. The summed E-state index contributed by atoms with van der Waals surface area (Å²) in [5.41, 5.74) is -0.0291. The van der Waals surface area contributed by atoms with Crippen molar-refractivity contribution < 1.29 is 9.90 Å². The van der Waals surface area contributed by atoms with E-state index in [1.165, 1.54) is 44.9 Å². The van der Waals surface area contributed by atoms with Gasteiger partial charge in [-0.05, 0) is 25.7 Å². The second-order valence-electron chi connectivity index (χ2n) is 6.63. The molecule has 2 saturated carbocycles. The molecule has 3 heteroatoms. The van der Waals surface area contributed by atoms with E-state index >= 15 is 0 Å². The molecule has 0 aromatic rings. The Balaban J connectivity index is 1.80. The number of aliphatic hydroxyl groups is 1. The van der Waals surface area contributed by atoms with Crippen molar-refractivity contribution in [3.05, 3.63) is 0 Å². The first-order valence-electron chi connectivity index (χ1n) is 8.14. The lowest BCUT2D eigenvalue weighted by Crippen LogP contribution is -2.43. The Morgan fingerprint density at radius 1 is 1.00 bits per heavy atom. The molecule has 0 aromatic heterocycles. The van der Waals surface area contributed by atoms with Crippen LogP contribution < -0.4 is 5.32 Å². The quantitative estimate of drug-likeness (QED) is 0.769. The van der Waals surface area contributed by atoms with Crippen LogP contribution in [0.4, 0.5) is 0 Å². The lowest BCUT2D eigenvalue weighted by Gasteiger charge is -2.36. The molecule has 0 heterocycles. The number of carbonyl (C=O) groups excluding carboxylic acids is 1. The van der Waals surface area contributed by atoms with Gasteiger partial charge in [0, 0.05) is 17.9 Å². The molecule has 0 aromatic carbocycles. The summed E-state index contributed by atoms with van der Waals surface area (Å²) in [5, 5.41) is 12.8. The maximum atomic E-state index is 12.3. The Labute approximate surface area is 117 Å². The van der Waals surface area contributed by atoms with Crippen LogP contribution in [0.25, 0.3) is 0 Å². The van der Waals surface area contributed by atoms with Crippen molar-refractivity contribution >= 4 is 5.91 Å². The Hall–Kier alpha value is -0.570. The van der Waals surface area contributed by atoms with Crippen LogP contribution >= 0.6 is 0 Å². The molecule has 2 aliphatic carbocycles. The van der Waals surface area contributed by atoms with Gasteiger partial charge in [0.1, 0.15) is 0 Å². The molecular formula is C16H29NO2. The van der Waals surface area contributed by atoms with Gasteiger partial charge in [0.15, 0.2) is 0 Å². The van der Waals surface area contributed by atoms with E-state index in [1.54, 1.807) is 0 Å². The zero-order valence-electron chi connectivity index (χ0n) is 12.1. The minimum Gasteiger partial charge on any atom is -0.396 e. The minimum atomic E-state index is -0.0291. The molecule has 2 aliphatic rings. The number of nitrogens with one attached hydrogen (secondary N) is 1. The number of rotatable bonds is 4. The number of hydrogen-bond donors (Lipinski definition) is 2. The Kier molecular flexibility index (Phi) is 5.68. The van der Waals surface area contributed by atoms with Gasteiger partial charge in [-0.1, -0.05) is 44.9 Å². The molecule has 19 heavy (non-hydrogen) atoms. The van der Waals surface area contributed by atoms with E-state index in [0.29, 0.717) is 6.54 Å². The van der Waals surface area contributed by atoms with Gasteiger partial charge in [0.25, 0.3) is 0 Å². The predicted molar refractivity (Wildman–Crippen MR) is 76.8 cm³/mol. The summed E-state index contributed by atoms with van der Waals surface area (Å²) in [6.45, 7) is 0.900. The van der Waals surface area contributed by atoms with Crippen LogP contribution in [0.2, 0.25) is 0 Å². The summed E-state index contributed by atoms with van der Waals surface area (Å²) in [5.74, 6) is 0.460. The first kappa shape index (κ1) is 14.8. The third kappa shape index (κ3) is 4.20. The van der Waals surface area contributed by atoms with Crippen LogP contribution in [0.1, 0.15) is 70.6 Å². The maximum Gasteiger partial charge on any atom is 0.223 e. The summed E-state index contributed by atoms with van der Waals surface area (Å²) in [4.78, 5) is 12.3. The SMILES string of the molecule is O=C(NCC1(CO)CCCCC1)C1CCCCCC1. The maximum absolute atomic E-state index is 12.3. The number of aliphatic hydroxyl groups excluding tert-OH is 1.